The second kappa shape index (κ2) is 6.21. The molecule has 1 aliphatic rings. The molecular formula is C12H23NO3. The van der Waals surface area contributed by atoms with Gasteiger partial charge in [-0.15, -0.1) is 0 Å². The lowest BCUT2D eigenvalue weighted by atomic mass is 10.1. The second-order valence-corrected chi connectivity index (χ2v) is 4.95. The van der Waals surface area contributed by atoms with E-state index in [1.807, 2.05) is 0 Å². The van der Waals surface area contributed by atoms with Crippen molar-refractivity contribution in [2.45, 2.75) is 27.2 Å². The number of rotatable bonds is 8. The molecule has 4 heteroatoms. The zero-order chi connectivity index (χ0) is 12.0. The second-order valence-electron chi connectivity index (χ2n) is 4.95. The standard InChI is InChI=1S/C12H23NO3/c1-4-16-11(14)9-15-6-5-13-8-10-7-12(10,2)3/h10,13H,4-9H2,1-3H3. The summed E-state index contributed by atoms with van der Waals surface area (Å²) >= 11 is 0. The van der Waals surface area contributed by atoms with Crippen molar-refractivity contribution in [3.8, 4) is 0 Å². The van der Waals surface area contributed by atoms with E-state index in [-0.39, 0.29) is 12.6 Å². The summed E-state index contributed by atoms with van der Waals surface area (Å²) < 4.78 is 9.90. The third-order valence-corrected chi connectivity index (χ3v) is 3.06. The molecule has 0 aromatic heterocycles. The Morgan fingerprint density at radius 1 is 1.50 bits per heavy atom. The molecule has 0 amide bonds. The molecule has 0 aromatic carbocycles. The van der Waals surface area contributed by atoms with Crippen molar-refractivity contribution in [2.75, 3.05) is 32.9 Å². The maximum atomic E-state index is 10.9. The fourth-order valence-corrected chi connectivity index (χ4v) is 1.70. The Morgan fingerprint density at radius 3 is 2.75 bits per heavy atom. The van der Waals surface area contributed by atoms with E-state index in [1.165, 1.54) is 6.42 Å². The van der Waals surface area contributed by atoms with Crippen molar-refractivity contribution in [3.05, 3.63) is 0 Å². The first kappa shape index (κ1) is 13.5. The average Bonchev–Trinajstić information content (AvgIpc) is 2.80. The quantitative estimate of drug-likeness (QED) is 0.502. The van der Waals surface area contributed by atoms with Crippen molar-refractivity contribution in [1.82, 2.24) is 5.32 Å². The zero-order valence-corrected chi connectivity index (χ0v) is 10.5. The molecule has 16 heavy (non-hydrogen) atoms. The van der Waals surface area contributed by atoms with Crippen LogP contribution in [0, 0.1) is 11.3 Å². The smallest absolute Gasteiger partial charge is 0.332 e. The van der Waals surface area contributed by atoms with Crippen molar-refractivity contribution < 1.29 is 14.3 Å². The SMILES string of the molecule is CCOC(=O)COCCNCC1CC1(C)C. The normalized spacial score (nSPS) is 21.8. The minimum atomic E-state index is -0.286. The van der Waals surface area contributed by atoms with E-state index in [0.717, 1.165) is 19.0 Å². The lowest BCUT2D eigenvalue weighted by molar-refractivity contribution is -0.148. The molecule has 0 saturated heterocycles. The number of hydrogen-bond donors (Lipinski definition) is 1. The van der Waals surface area contributed by atoms with Gasteiger partial charge in [0.1, 0.15) is 6.61 Å². The molecule has 4 nitrogen and oxygen atoms in total. The predicted octanol–water partition coefficient (Wildman–Crippen LogP) is 1.20. The van der Waals surface area contributed by atoms with Gasteiger partial charge in [-0.1, -0.05) is 13.8 Å². The number of nitrogens with one attached hydrogen (secondary N) is 1. The summed E-state index contributed by atoms with van der Waals surface area (Å²) in [7, 11) is 0. The van der Waals surface area contributed by atoms with Crippen molar-refractivity contribution in [2.24, 2.45) is 11.3 Å². The number of esters is 1. The topological polar surface area (TPSA) is 47.6 Å². The highest BCUT2D eigenvalue weighted by Crippen LogP contribution is 2.50. The van der Waals surface area contributed by atoms with E-state index in [4.69, 9.17) is 9.47 Å². The number of carbonyl (C=O) groups is 1. The third-order valence-electron chi connectivity index (χ3n) is 3.06. The highest BCUT2D eigenvalue weighted by molar-refractivity contribution is 5.70. The first-order chi connectivity index (χ1) is 7.56. The van der Waals surface area contributed by atoms with Crippen LogP contribution in [0.2, 0.25) is 0 Å². The van der Waals surface area contributed by atoms with Gasteiger partial charge in [-0.3, -0.25) is 0 Å². The molecule has 0 radical (unpaired) electrons. The minimum Gasteiger partial charge on any atom is -0.464 e. The van der Waals surface area contributed by atoms with E-state index in [1.54, 1.807) is 6.92 Å². The van der Waals surface area contributed by atoms with Gasteiger partial charge in [0, 0.05) is 6.54 Å². The minimum absolute atomic E-state index is 0.0600. The molecule has 1 saturated carbocycles. The van der Waals surface area contributed by atoms with Gasteiger partial charge in [-0.25, -0.2) is 4.79 Å². The summed E-state index contributed by atoms with van der Waals surface area (Å²) in [6.07, 6.45) is 1.31. The van der Waals surface area contributed by atoms with Crippen LogP contribution < -0.4 is 5.32 Å². The molecule has 0 heterocycles. The Balaban J connectivity index is 1.84. The maximum absolute atomic E-state index is 10.9. The van der Waals surface area contributed by atoms with E-state index < -0.39 is 0 Å². The Morgan fingerprint density at radius 2 is 2.19 bits per heavy atom. The van der Waals surface area contributed by atoms with Crippen LogP contribution in [0.3, 0.4) is 0 Å². The van der Waals surface area contributed by atoms with Gasteiger partial charge in [-0.2, -0.15) is 0 Å². The van der Waals surface area contributed by atoms with E-state index in [0.29, 0.717) is 18.6 Å². The predicted molar refractivity (Wildman–Crippen MR) is 62.2 cm³/mol. The molecule has 1 fully saturated rings. The van der Waals surface area contributed by atoms with Crippen molar-refractivity contribution in [1.29, 1.82) is 0 Å². The van der Waals surface area contributed by atoms with Gasteiger partial charge < -0.3 is 14.8 Å². The molecule has 94 valence electrons. The van der Waals surface area contributed by atoms with E-state index in [9.17, 15) is 4.79 Å². The molecule has 0 spiro atoms. The van der Waals surface area contributed by atoms with Crippen LogP contribution in [0.5, 0.6) is 0 Å². The molecule has 1 N–H and O–H groups in total. The molecule has 0 aromatic rings. The number of carbonyl (C=O) groups excluding carboxylic acids is 1. The highest BCUT2D eigenvalue weighted by Gasteiger charge is 2.44. The number of ether oxygens (including phenoxy) is 2. The van der Waals surface area contributed by atoms with Crippen molar-refractivity contribution >= 4 is 5.97 Å². The third kappa shape index (κ3) is 4.94. The van der Waals surface area contributed by atoms with Gasteiger partial charge in [0.15, 0.2) is 0 Å². The van der Waals surface area contributed by atoms with Crippen LogP contribution in [0.1, 0.15) is 27.2 Å². The average molecular weight is 229 g/mol. The lowest BCUT2D eigenvalue weighted by Gasteiger charge is -2.07. The van der Waals surface area contributed by atoms with Crippen LogP contribution in [0.15, 0.2) is 0 Å². The number of hydrogen-bond acceptors (Lipinski definition) is 4. The van der Waals surface area contributed by atoms with Gasteiger partial charge in [0.25, 0.3) is 0 Å². The van der Waals surface area contributed by atoms with Gasteiger partial charge in [-0.05, 0) is 31.2 Å². The summed E-state index contributed by atoms with van der Waals surface area (Å²) in [6, 6.07) is 0. The molecule has 1 unspecified atom stereocenters. The summed E-state index contributed by atoms with van der Waals surface area (Å²) in [6.45, 7) is 9.25. The molecule has 1 rings (SSSR count). The fourth-order valence-electron chi connectivity index (χ4n) is 1.70. The Bertz CT molecular complexity index is 228. The van der Waals surface area contributed by atoms with Gasteiger partial charge in [0.05, 0.1) is 13.2 Å². The summed E-state index contributed by atoms with van der Waals surface area (Å²) in [5.74, 6) is 0.517. The van der Waals surface area contributed by atoms with Crippen LogP contribution in [-0.4, -0.2) is 38.9 Å². The van der Waals surface area contributed by atoms with Gasteiger partial charge in [0.2, 0.25) is 0 Å². The summed E-state index contributed by atoms with van der Waals surface area (Å²) in [5.41, 5.74) is 0.527. The van der Waals surface area contributed by atoms with Gasteiger partial charge >= 0.3 is 5.97 Å². The largest absolute Gasteiger partial charge is 0.464 e. The lowest BCUT2D eigenvalue weighted by Crippen LogP contribution is -2.24. The fraction of sp³-hybridized carbons (Fsp3) is 0.917. The molecule has 0 aliphatic heterocycles. The summed E-state index contributed by atoms with van der Waals surface area (Å²) in [5, 5.41) is 3.33. The monoisotopic (exact) mass is 229 g/mol. The first-order valence-corrected chi connectivity index (χ1v) is 6.00. The Labute approximate surface area is 97.7 Å². The molecule has 0 bridgehead atoms. The zero-order valence-electron chi connectivity index (χ0n) is 10.5. The highest BCUT2D eigenvalue weighted by atomic mass is 16.6. The van der Waals surface area contributed by atoms with Crippen LogP contribution in [0.25, 0.3) is 0 Å². The Hall–Kier alpha value is -0.610. The van der Waals surface area contributed by atoms with E-state index >= 15 is 0 Å². The summed E-state index contributed by atoms with van der Waals surface area (Å²) in [4.78, 5) is 10.9. The molecular weight excluding hydrogens is 206 g/mol. The van der Waals surface area contributed by atoms with Crippen LogP contribution >= 0.6 is 0 Å². The van der Waals surface area contributed by atoms with E-state index in [2.05, 4.69) is 19.2 Å². The maximum Gasteiger partial charge on any atom is 0.332 e. The van der Waals surface area contributed by atoms with Crippen molar-refractivity contribution in [3.63, 3.8) is 0 Å². The molecule has 1 aliphatic carbocycles. The van der Waals surface area contributed by atoms with Crippen LogP contribution in [-0.2, 0) is 14.3 Å². The molecule has 1 atom stereocenters. The first-order valence-electron chi connectivity index (χ1n) is 6.00. The van der Waals surface area contributed by atoms with Crippen LogP contribution in [0.4, 0.5) is 0 Å². The Kier molecular flexibility index (Phi) is 5.22.